The number of amides is 1. The summed E-state index contributed by atoms with van der Waals surface area (Å²) in [5.41, 5.74) is -0.0722. The van der Waals surface area contributed by atoms with Crippen LogP contribution >= 0.6 is 0 Å². The summed E-state index contributed by atoms with van der Waals surface area (Å²) in [5.74, 6) is -0.379. The molecular formula is C21H31NO5. The topological polar surface area (TPSA) is 73.9 Å². The highest BCUT2D eigenvalue weighted by Gasteiger charge is 2.34. The van der Waals surface area contributed by atoms with E-state index in [0.29, 0.717) is 12.3 Å². The van der Waals surface area contributed by atoms with Gasteiger partial charge in [-0.15, -0.1) is 0 Å². The number of carbonyl (C=O) groups excluding carboxylic acids is 2. The first-order chi connectivity index (χ1) is 12.8. The van der Waals surface area contributed by atoms with Crippen LogP contribution in [0.2, 0.25) is 0 Å². The standard InChI is InChI=1S/C21H31NO5/c1-20(2,3)27-18(23)14-25-15-21(12-8-5-9-13-21)16-26-19(24)22-17-10-6-4-7-11-17/h4,6-7,10-11H,5,8-9,12-16H2,1-3H3,(H,22,24). The number of rotatable bonds is 7. The van der Waals surface area contributed by atoms with E-state index >= 15 is 0 Å². The van der Waals surface area contributed by atoms with Crippen molar-refractivity contribution in [1.29, 1.82) is 0 Å². The third-order valence-corrected chi connectivity index (χ3v) is 4.49. The molecule has 1 N–H and O–H groups in total. The quantitative estimate of drug-likeness (QED) is 0.706. The summed E-state index contributed by atoms with van der Waals surface area (Å²) in [6.07, 6.45) is 4.67. The van der Waals surface area contributed by atoms with Gasteiger partial charge in [-0.05, 0) is 45.7 Å². The van der Waals surface area contributed by atoms with E-state index in [1.54, 1.807) is 0 Å². The number of carbonyl (C=O) groups is 2. The molecule has 2 rings (SSSR count). The van der Waals surface area contributed by atoms with Crippen molar-refractivity contribution < 1.29 is 23.8 Å². The first-order valence-corrected chi connectivity index (χ1v) is 9.57. The van der Waals surface area contributed by atoms with Crippen molar-refractivity contribution in [2.24, 2.45) is 5.41 Å². The summed E-state index contributed by atoms with van der Waals surface area (Å²) in [6, 6.07) is 9.20. The molecule has 1 saturated carbocycles. The van der Waals surface area contributed by atoms with Crippen LogP contribution in [-0.2, 0) is 19.0 Å². The van der Waals surface area contributed by atoms with Gasteiger partial charge in [0.25, 0.3) is 0 Å². The lowest BCUT2D eigenvalue weighted by molar-refractivity contribution is -0.162. The number of anilines is 1. The fourth-order valence-electron chi connectivity index (χ4n) is 3.25. The molecule has 1 fully saturated rings. The van der Waals surface area contributed by atoms with Crippen LogP contribution in [0.3, 0.4) is 0 Å². The minimum Gasteiger partial charge on any atom is -0.458 e. The van der Waals surface area contributed by atoms with Gasteiger partial charge in [0.05, 0.1) is 6.61 Å². The predicted molar refractivity (Wildman–Crippen MR) is 104 cm³/mol. The highest BCUT2D eigenvalue weighted by Crippen LogP contribution is 2.37. The van der Waals surface area contributed by atoms with Gasteiger partial charge in [0.2, 0.25) is 0 Å². The Bertz CT molecular complexity index is 603. The molecule has 0 saturated heterocycles. The van der Waals surface area contributed by atoms with Gasteiger partial charge in [-0.25, -0.2) is 9.59 Å². The lowest BCUT2D eigenvalue weighted by atomic mass is 9.75. The fraction of sp³-hybridized carbons (Fsp3) is 0.619. The van der Waals surface area contributed by atoms with Crippen LogP contribution in [0.15, 0.2) is 30.3 Å². The molecule has 6 nitrogen and oxygen atoms in total. The van der Waals surface area contributed by atoms with Gasteiger partial charge in [0, 0.05) is 11.1 Å². The number of hydrogen-bond donors (Lipinski definition) is 1. The average molecular weight is 377 g/mol. The number of ether oxygens (including phenoxy) is 3. The van der Waals surface area contributed by atoms with Crippen molar-refractivity contribution in [1.82, 2.24) is 0 Å². The Labute approximate surface area is 161 Å². The number of hydrogen-bond acceptors (Lipinski definition) is 5. The summed E-state index contributed by atoms with van der Waals surface area (Å²) in [5, 5.41) is 2.72. The molecule has 0 atom stereocenters. The largest absolute Gasteiger partial charge is 0.458 e. The second-order valence-electron chi connectivity index (χ2n) is 8.21. The van der Waals surface area contributed by atoms with E-state index in [0.717, 1.165) is 25.7 Å². The lowest BCUT2D eigenvalue weighted by Crippen LogP contribution is -2.37. The third kappa shape index (κ3) is 7.99. The molecule has 150 valence electrons. The number of benzene rings is 1. The zero-order valence-corrected chi connectivity index (χ0v) is 16.6. The van der Waals surface area contributed by atoms with Crippen LogP contribution in [0.5, 0.6) is 0 Å². The van der Waals surface area contributed by atoms with Crippen LogP contribution < -0.4 is 5.32 Å². The molecule has 1 aliphatic rings. The van der Waals surface area contributed by atoms with Crippen molar-refractivity contribution in [2.45, 2.75) is 58.5 Å². The molecule has 0 unspecified atom stereocenters. The minimum absolute atomic E-state index is 0.0881. The normalized spacial score (nSPS) is 16.4. The maximum absolute atomic E-state index is 12.1. The van der Waals surface area contributed by atoms with Gasteiger partial charge in [0.1, 0.15) is 18.8 Å². The molecule has 0 aliphatic heterocycles. The first-order valence-electron chi connectivity index (χ1n) is 9.57. The molecule has 1 aliphatic carbocycles. The second kappa shape index (κ2) is 9.74. The smallest absolute Gasteiger partial charge is 0.411 e. The van der Waals surface area contributed by atoms with Crippen molar-refractivity contribution in [2.75, 3.05) is 25.1 Å². The molecule has 27 heavy (non-hydrogen) atoms. The van der Waals surface area contributed by atoms with Gasteiger partial charge in [-0.3, -0.25) is 5.32 Å². The molecule has 6 heteroatoms. The SMILES string of the molecule is CC(C)(C)OC(=O)COCC1(COC(=O)Nc2ccccc2)CCCCC1. The zero-order valence-electron chi connectivity index (χ0n) is 16.6. The third-order valence-electron chi connectivity index (χ3n) is 4.49. The maximum Gasteiger partial charge on any atom is 0.411 e. The van der Waals surface area contributed by atoms with Gasteiger partial charge >= 0.3 is 12.1 Å². The van der Waals surface area contributed by atoms with Crippen molar-refractivity contribution in [3.63, 3.8) is 0 Å². The number of esters is 1. The Morgan fingerprint density at radius 3 is 2.33 bits per heavy atom. The molecule has 1 amide bonds. The van der Waals surface area contributed by atoms with E-state index in [4.69, 9.17) is 14.2 Å². The van der Waals surface area contributed by atoms with Crippen LogP contribution in [0, 0.1) is 5.41 Å². The first kappa shape index (κ1) is 21.2. The van der Waals surface area contributed by atoms with Crippen molar-refractivity contribution in [3.05, 3.63) is 30.3 Å². The molecule has 0 spiro atoms. The molecule has 0 radical (unpaired) electrons. The summed E-state index contributed by atoms with van der Waals surface area (Å²) in [4.78, 5) is 23.9. The number of para-hydroxylation sites is 1. The Morgan fingerprint density at radius 1 is 1.04 bits per heavy atom. The summed E-state index contributed by atoms with van der Waals surface area (Å²) < 4.78 is 16.4. The van der Waals surface area contributed by atoms with Crippen molar-refractivity contribution >= 4 is 17.7 Å². The monoisotopic (exact) mass is 377 g/mol. The van der Waals surface area contributed by atoms with Gasteiger partial charge in [-0.1, -0.05) is 37.5 Å². The van der Waals surface area contributed by atoms with Gasteiger partial charge < -0.3 is 14.2 Å². The van der Waals surface area contributed by atoms with Crippen LogP contribution in [0.1, 0.15) is 52.9 Å². The number of nitrogens with one attached hydrogen (secondary N) is 1. The molecule has 0 heterocycles. The fourth-order valence-corrected chi connectivity index (χ4v) is 3.25. The van der Waals surface area contributed by atoms with Gasteiger partial charge in [-0.2, -0.15) is 0 Å². The summed E-state index contributed by atoms with van der Waals surface area (Å²) >= 11 is 0. The molecule has 0 bridgehead atoms. The Balaban J connectivity index is 1.82. The van der Waals surface area contributed by atoms with E-state index in [1.807, 2.05) is 51.1 Å². The molecule has 1 aromatic rings. The lowest BCUT2D eigenvalue weighted by Gasteiger charge is -2.36. The highest BCUT2D eigenvalue weighted by atomic mass is 16.6. The maximum atomic E-state index is 12.1. The summed E-state index contributed by atoms with van der Waals surface area (Å²) in [6.45, 7) is 6.05. The highest BCUT2D eigenvalue weighted by molar-refractivity contribution is 5.84. The van der Waals surface area contributed by atoms with Gasteiger partial charge in [0.15, 0.2) is 0 Å². The zero-order chi connectivity index (χ0) is 19.8. The second-order valence-corrected chi connectivity index (χ2v) is 8.21. The van der Waals surface area contributed by atoms with Crippen LogP contribution in [-0.4, -0.2) is 37.5 Å². The molecular weight excluding hydrogens is 346 g/mol. The summed E-state index contributed by atoms with van der Waals surface area (Å²) in [7, 11) is 0. The Morgan fingerprint density at radius 2 is 1.70 bits per heavy atom. The van der Waals surface area contributed by atoms with E-state index in [1.165, 1.54) is 6.42 Å². The Kier molecular flexibility index (Phi) is 7.66. The average Bonchev–Trinajstić information content (AvgIpc) is 2.60. The molecule has 1 aromatic carbocycles. The van der Waals surface area contributed by atoms with E-state index in [2.05, 4.69) is 5.32 Å². The van der Waals surface area contributed by atoms with Crippen molar-refractivity contribution in [3.8, 4) is 0 Å². The predicted octanol–water partition coefficient (Wildman–Crippen LogP) is 4.54. The minimum atomic E-state index is -0.526. The van der Waals surface area contributed by atoms with E-state index < -0.39 is 11.7 Å². The van der Waals surface area contributed by atoms with E-state index in [9.17, 15) is 9.59 Å². The van der Waals surface area contributed by atoms with Crippen LogP contribution in [0.25, 0.3) is 0 Å². The Hall–Kier alpha value is -2.08. The molecule has 0 aromatic heterocycles. The van der Waals surface area contributed by atoms with Crippen LogP contribution in [0.4, 0.5) is 10.5 Å². The van der Waals surface area contributed by atoms with E-state index in [-0.39, 0.29) is 24.6 Å².